The van der Waals surface area contributed by atoms with E-state index in [9.17, 15) is 23.3 Å². The fourth-order valence-corrected chi connectivity index (χ4v) is 4.97. The predicted octanol–water partition coefficient (Wildman–Crippen LogP) is 3.42. The van der Waals surface area contributed by atoms with Gasteiger partial charge >= 0.3 is 5.97 Å². The Labute approximate surface area is 195 Å². The number of nitro groups is 1. The van der Waals surface area contributed by atoms with Crippen LogP contribution in [-0.2, 0) is 21.4 Å². The van der Waals surface area contributed by atoms with E-state index in [1.807, 2.05) is 0 Å². The summed E-state index contributed by atoms with van der Waals surface area (Å²) in [5.74, 6) is 0.00123. The van der Waals surface area contributed by atoms with E-state index in [1.165, 1.54) is 52.8 Å². The molecule has 2 heterocycles. The Balaban J connectivity index is 1.36. The number of rotatable bonds is 7. The molecule has 0 radical (unpaired) electrons. The maximum Gasteiger partial charge on any atom is 0.338 e. The first-order chi connectivity index (χ1) is 16.2. The van der Waals surface area contributed by atoms with Crippen LogP contribution in [0.1, 0.15) is 36.0 Å². The second-order valence-corrected chi connectivity index (χ2v) is 9.93. The summed E-state index contributed by atoms with van der Waals surface area (Å²) in [4.78, 5) is 22.7. The van der Waals surface area contributed by atoms with Gasteiger partial charge in [0.2, 0.25) is 15.9 Å². The maximum atomic E-state index is 12.8. The van der Waals surface area contributed by atoms with Crippen molar-refractivity contribution in [1.82, 2.24) is 14.5 Å². The summed E-state index contributed by atoms with van der Waals surface area (Å²) in [5.41, 5.74) is 0.596. The summed E-state index contributed by atoms with van der Waals surface area (Å²) in [5, 5.41) is 18.4. The van der Waals surface area contributed by atoms with Crippen LogP contribution in [-0.4, -0.2) is 46.9 Å². The Hall–Kier alpha value is -3.64. The molecule has 34 heavy (non-hydrogen) atoms. The van der Waals surface area contributed by atoms with Gasteiger partial charge in [0.1, 0.15) is 0 Å². The van der Waals surface area contributed by atoms with E-state index in [2.05, 4.69) is 17.1 Å². The van der Waals surface area contributed by atoms with Gasteiger partial charge in [-0.3, -0.25) is 10.1 Å². The molecule has 0 bridgehead atoms. The number of sulfonamides is 1. The van der Waals surface area contributed by atoms with Crippen LogP contribution < -0.4 is 0 Å². The van der Waals surface area contributed by atoms with Gasteiger partial charge in [-0.25, -0.2) is 13.2 Å². The third kappa shape index (κ3) is 5.13. The lowest BCUT2D eigenvalue weighted by molar-refractivity contribution is -0.384. The van der Waals surface area contributed by atoms with Crippen LogP contribution in [0.5, 0.6) is 0 Å². The van der Waals surface area contributed by atoms with Gasteiger partial charge in [0.05, 0.1) is 15.4 Å². The van der Waals surface area contributed by atoms with Gasteiger partial charge in [-0.1, -0.05) is 6.92 Å². The molecule has 3 aromatic rings. The van der Waals surface area contributed by atoms with Crippen molar-refractivity contribution >= 4 is 21.7 Å². The summed E-state index contributed by atoms with van der Waals surface area (Å²) >= 11 is 0. The minimum Gasteiger partial charge on any atom is -0.452 e. The molecule has 1 fully saturated rings. The Morgan fingerprint density at radius 2 is 1.76 bits per heavy atom. The molecule has 1 aliphatic heterocycles. The first kappa shape index (κ1) is 23.5. The highest BCUT2D eigenvalue weighted by molar-refractivity contribution is 7.89. The number of nitro benzene ring substituents is 1. The van der Waals surface area contributed by atoms with Crippen LogP contribution in [0.15, 0.2) is 57.8 Å². The quantitative estimate of drug-likeness (QED) is 0.278. The molecule has 178 valence electrons. The minimum atomic E-state index is -3.60. The fraction of sp³-hybridized carbons (Fsp3) is 0.318. The van der Waals surface area contributed by atoms with Gasteiger partial charge in [-0.2, -0.15) is 4.31 Å². The van der Waals surface area contributed by atoms with Gasteiger partial charge < -0.3 is 9.15 Å². The number of esters is 1. The summed E-state index contributed by atoms with van der Waals surface area (Å²) in [6, 6.07) is 11.2. The molecule has 0 spiro atoms. The number of carbonyl (C=O) groups excluding carboxylic acids is 1. The monoisotopic (exact) mass is 486 g/mol. The van der Waals surface area contributed by atoms with E-state index in [1.54, 1.807) is 0 Å². The van der Waals surface area contributed by atoms with Crippen LogP contribution in [0.3, 0.4) is 0 Å². The van der Waals surface area contributed by atoms with E-state index in [0.29, 0.717) is 24.6 Å². The molecule has 12 heteroatoms. The van der Waals surface area contributed by atoms with Crippen molar-refractivity contribution in [3.05, 3.63) is 70.1 Å². The minimum absolute atomic E-state index is 0.0419. The standard InChI is InChI=1S/C22H22N4O7S/c1-15-10-12-25(13-11-15)34(30,31)19-8-4-17(5-9-19)22(27)32-14-20-23-24-21(33-20)16-2-6-18(7-3-16)26(28)29/h2-9,15H,10-14H2,1H3. The lowest BCUT2D eigenvalue weighted by Gasteiger charge is -2.29. The van der Waals surface area contributed by atoms with E-state index in [0.717, 1.165) is 12.8 Å². The number of aromatic nitrogens is 2. The molecule has 2 aromatic carbocycles. The first-order valence-corrected chi connectivity index (χ1v) is 12.0. The number of nitrogens with zero attached hydrogens (tertiary/aromatic N) is 4. The number of non-ortho nitro benzene ring substituents is 1. The molecule has 4 rings (SSSR count). The van der Waals surface area contributed by atoms with Gasteiger partial charge in [0.25, 0.3) is 11.6 Å². The van der Waals surface area contributed by atoms with Crippen molar-refractivity contribution < 1.29 is 27.3 Å². The van der Waals surface area contributed by atoms with Crippen LogP contribution in [0.4, 0.5) is 5.69 Å². The van der Waals surface area contributed by atoms with Crippen LogP contribution in [0.25, 0.3) is 11.5 Å². The van der Waals surface area contributed by atoms with Crippen molar-refractivity contribution in [2.24, 2.45) is 5.92 Å². The molecule has 0 atom stereocenters. The Morgan fingerprint density at radius 3 is 2.38 bits per heavy atom. The van der Waals surface area contributed by atoms with E-state index in [-0.39, 0.29) is 34.5 Å². The number of hydrogen-bond donors (Lipinski definition) is 0. The van der Waals surface area contributed by atoms with Gasteiger partial charge in [0.15, 0.2) is 6.61 Å². The Kier molecular flexibility index (Phi) is 6.70. The molecular weight excluding hydrogens is 464 g/mol. The highest BCUT2D eigenvalue weighted by atomic mass is 32.2. The molecule has 1 aliphatic rings. The smallest absolute Gasteiger partial charge is 0.338 e. The van der Waals surface area contributed by atoms with E-state index >= 15 is 0 Å². The summed E-state index contributed by atoms with van der Waals surface area (Å²) in [7, 11) is -3.60. The Morgan fingerprint density at radius 1 is 1.12 bits per heavy atom. The second-order valence-electron chi connectivity index (χ2n) is 7.99. The molecule has 1 saturated heterocycles. The molecule has 0 saturated carbocycles. The third-order valence-electron chi connectivity index (χ3n) is 5.59. The molecule has 0 aliphatic carbocycles. The van der Waals surface area contributed by atoms with Gasteiger partial charge in [-0.15, -0.1) is 10.2 Å². The highest BCUT2D eigenvalue weighted by Crippen LogP contribution is 2.24. The van der Waals surface area contributed by atoms with Crippen molar-refractivity contribution in [1.29, 1.82) is 0 Å². The summed E-state index contributed by atoms with van der Waals surface area (Å²) in [6.45, 7) is 2.79. The zero-order valence-electron chi connectivity index (χ0n) is 18.3. The van der Waals surface area contributed by atoms with Crippen LogP contribution >= 0.6 is 0 Å². The highest BCUT2D eigenvalue weighted by Gasteiger charge is 2.28. The molecule has 11 nitrogen and oxygen atoms in total. The van der Waals surface area contributed by atoms with E-state index in [4.69, 9.17) is 9.15 Å². The Bertz CT molecular complexity index is 1280. The van der Waals surface area contributed by atoms with Crippen molar-refractivity contribution in [3.63, 3.8) is 0 Å². The molecule has 1 aromatic heterocycles. The second kappa shape index (κ2) is 9.69. The van der Waals surface area contributed by atoms with Gasteiger partial charge in [0, 0.05) is 30.8 Å². The van der Waals surface area contributed by atoms with Crippen molar-refractivity contribution in [2.45, 2.75) is 31.3 Å². The van der Waals surface area contributed by atoms with Crippen LogP contribution in [0, 0.1) is 16.0 Å². The van der Waals surface area contributed by atoms with Gasteiger partial charge in [-0.05, 0) is 55.2 Å². The number of hydrogen-bond acceptors (Lipinski definition) is 9. The van der Waals surface area contributed by atoms with Crippen LogP contribution in [0.2, 0.25) is 0 Å². The maximum absolute atomic E-state index is 12.8. The molecule has 0 amide bonds. The van der Waals surface area contributed by atoms with Crippen molar-refractivity contribution in [3.8, 4) is 11.5 Å². The molecular formula is C22H22N4O7S. The zero-order valence-corrected chi connectivity index (χ0v) is 19.1. The lowest BCUT2D eigenvalue weighted by atomic mass is 10.0. The molecule has 0 N–H and O–H groups in total. The third-order valence-corrected chi connectivity index (χ3v) is 7.50. The number of ether oxygens (including phenoxy) is 1. The zero-order chi connectivity index (χ0) is 24.3. The number of carbonyl (C=O) groups is 1. The predicted molar refractivity (Wildman–Crippen MR) is 119 cm³/mol. The average molecular weight is 487 g/mol. The largest absolute Gasteiger partial charge is 0.452 e. The van der Waals surface area contributed by atoms with Crippen molar-refractivity contribution in [2.75, 3.05) is 13.1 Å². The fourth-order valence-electron chi connectivity index (χ4n) is 3.50. The SMILES string of the molecule is CC1CCN(S(=O)(=O)c2ccc(C(=O)OCc3nnc(-c4ccc([N+](=O)[O-])cc4)o3)cc2)CC1. The van der Waals surface area contributed by atoms with E-state index < -0.39 is 20.9 Å². The lowest BCUT2D eigenvalue weighted by Crippen LogP contribution is -2.37. The topological polar surface area (TPSA) is 146 Å². The molecule has 0 unspecified atom stereocenters. The number of benzene rings is 2. The number of piperidine rings is 1. The first-order valence-electron chi connectivity index (χ1n) is 10.6. The summed E-state index contributed by atoms with van der Waals surface area (Å²) in [6.07, 6.45) is 1.65. The normalized spacial score (nSPS) is 15.2. The average Bonchev–Trinajstić information content (AvgIpc) is 3.32. The summed E-state index contributed by atoms with van der Waals surface area (Å²) < 4.78 is 37.7.